The topological polar surface area (TPSA) is 58.6 Å². The summed E-state index contributed by atoms with van der Waals surface area (Å²) in [5, 5.41) is 2.92. The third kappa shape index (κ3) is 6.40. The van der Waals surface area contributed by atoms with Gasteiger partial charge in [-0.05, 0) is 20.8 Å². The smallest absolute Gasteiger partial charge is 0.307 e. The molecule has 0 saturated heterocycles. The van der Waals surface area contributed by atoms with Crippen molar-refractivity contribution < 1.29 is 14.3 Å². The number of hydrogen-bond donors (Lipinski definition) is 1. The van der Waals surface area contributed by atoms with Gasteiger partial charge in [0.1, 0.15) is 0 Å². The van der Waals surface area contributed by atoms with Gasteiger partial charge in [0.05, 0.1) is 19.6 Å². The first kappa shape index (κ1) is 14.9. The maximum absolute atomic E-state index is 11.5. The fourth-order valence-electron chi connectivity index (χ4n) is 1.03. The van der Waals surface area contributed by atoms with Crippen molar-refractivity contribution in [1.29, 1.82) is 0 Å². The minimum Gasteiger partial charge on any atom is -0.466 e. The Balaban J connectivity index is 3.59. The summed E-state index contributed by atoms with van der Waals surface area (Å²) in [5.41, 5.74) is 0. The summed E-state index contributed by atoms with van der Waals surface area (Å²) in [7, 11) is 1.76. The highest BCUT2D eigenvalue weighted by Crippen LogP contribution is 1.93. The molecule has 0 atom stereocenters. The van der Waals surface area contributed by atoms with Gasteiger partial charge in [-0.25, -0.2) is 0 Å². The molecule has 0 rings (SSSR count). The molecule has 0 aliphatic rings. The molecule has 0 saturated carbocycles. The molecule has 5 nitrogen and oxygen atoms in total. The van der Waals surface area contributed by atoms with Crippen LogP contribution in [0.3, 0.4) is 0 Å². The number of carbonyl (C=O) groups excluding carboxylic acids is 2. The molecule has 0 aliphatic carbocycles. The summed E-state index contributed by atoms with van der Waals surface area (Å²) in [4.78, 5) is 24.1. The summed E-state index contributed by atoms with van der Waals surface area (Å²) in [6.45, 7) is 6.80. The van der Waals surface area contributed by atoms with Gasteiger partial charge in [-0.1, -0.05) is 0 Å². The zero-order chi connectivity index (χ0) is 12.6. The third-order valence-electron chi connectivity index (χ3n) is 2.26. The van der Waals surface area contributed by atoms with E-state index in [0.717, 1.165) is 0 Å². The summed E-state index contributed by atoms with van der Waals surface area (Å²) < 4.78 is 4.76. The summed E-state index contributed by atoms with van der Waals surface area (Å²) in [5.74, 6) is -0.210. The van der Waals surface area contributed by atoms with E-state index in [1.165, 1.54) is 0 Å². The van der Waals surface area contributed by atoms with Crippen molar-refractivity contribution in [3.05, 3.63) is 0 Å². The molecule has 16 heavy (non-hydrogen) atoms. The average molecular weight is 230 g/mol. The molecule has 0 fully saturated rings. The van der Waals surface area contributed by atoms with Crippen LogP contribution in [0.4, 0.5) is 0 Å². The molecule has 0 aromatic carbocycles. The number of nitrogens with one attached hydrogen (secondary N) is 1. The minimum atomic E-state index is -0.236. The second kappa shape index (κ2) is 8.10. The quantitative estimate of drug-likeness (QED) is 0.508. The van der Waals surface area contributed by atoms with Crippen LogP contribution in [0.15, 0.2) is 0 Å². The molecular weight excluding hydrogens is 208 g/mol. The van der Waals surface area contributed by atoms with Crippen molar-refractivity contribution >= 4 is 11.9 Å². The van der Waals surface area contributed by atoms with Crippen LogP contribution in [0, 0.1) is 0 Å². The van der Waals surface area contributed by atoms with E-state index in [2.05, 4.69) is 5.32 Å². The molecule has 0 spiro atoms. The molecule has 1 N–H and O–H groups in total. The van der Waals surface area contributed by atoms with Gasteiger partial charge in [0, 0.05) is 19.6 Å². The Labute approximate surface area is 97.1 Å². The highest BCUT2D eigenvalue weighted by Gasteiger charge is 2.11. The lowest BCUT2D eigenvalue weighted by Crippen LogP contribution is -2.39. The van der Waals surface area contributed by atoms with Gasteiger partial charge in [0.25, 0.3) is 0 Å². The van der Waals surface area contributed by atoms with Gasteiger partial charge in [-0.2, -0.15) is 0 Å². The first-order valence-electron chi connectivity index (χ1n) is 5.61. The molecule has 0 unspecified atom stereocenters. The SMILES string of the molecule is CCOC(=O)CCNCC(=O)N(C)C(C)C. The van der Waals surface area contributed by atoms with Gasteiger partial charge < -0.3 is 15.0 Å². The number of ether oxygens (including phenoxy) is 1. The van der Waals surface area contributed by atoms with Crippen LogP contribution in [-0.2, 0) is 14.3 Å². The molecule has 0 heterocycles. The predicted molar refractivity (Wildman–Crippen MR) is 62.0 cm³/mol. The van der Waals surface area contributed by atoms with E-state index in [0.29, 0.717) is 19.6 Å². The summed E-state index contributed by atoms with van der Waals surface area (Å²) >= 11 is 0. The number of rotatable bonds is 7. The lowest BCUT2D eigenvalue weighted by Gasteiger charge is -2.21. The van der Waals surface area contributed by atoms with Crippen LogP contribution >= 0.6 is 0 Å². The lowest BCUT2D eigenvalue weighted by atomic mass is 10.3. The third-order valence-corrected chi connectivity index (χ3v) is 2.26. The molecule has 0 aromatic rings. The van der Waals surface area contributed by atoms with E-state index in [-0.39, 0.29) is 24.5 Å². The van der Waals surface area contributed by atoms with Crippen molar-refractivity contribution in [2.45, 2.75) is 33.2 Å². The Kier molecular flexibility index (Phi) is 7.54. The van der Waals surface area contributed by atoms with Crippen LogP contribution < -0.4 is 5.32 Å². The van der Waals surface area contributed by atoms with E-state index in [4.69, 9.17) is 4.74 Å². The normalized spacial score (nSPS) is 10.3. The number of likely N-dealkylation sites (N-methyl/N-ethyl adjacent to an activating group) is 1. The van der Waals surface area contributed by atoms with Gasteiger partial charge in [-0.3, -0.25) is 9.59 Å². The highest BCUT2D eigenvalue weighted by molar-refractivity contribution is 5.78. The maximum atomic E-state index is 11.5. The maximum Gasteiger partial charge on any atom is 0.307 e. The van der Waals surface area contributed by atoms with Crippen LogP contribution in [0.5, 0.6) is 0 Å². The monoisotopic (exact) mass is 230 g/mol. The second-order valence-corrected chi connectivity index (χ2v) is 3.83. The molecule has 5 heteroatoms. The number of esters is 1. The van der Waals surface area contributed by atoms with Crippen LogP contribution in [0.2, 0.25) is 0 Å². The molecule has 1 amide bonds. The van der Waals surface area contributed by atoms with Gasteiger partial charge in [0.15, 0.2) is 0 Å². The van der Waals surface area contributed by atoms with E-state index < -0.39 is 0 Å². The van der Waals surface area contributed by atoms with Crippen molar-refractivity contribution in [2.24, 2.45) is 0 Å². The molecular formula is C11H22N2O3. The second-order valence-electron chi connectivity index (χ2n) is 3.83. The van der Waals surface area contributed by atoms with Gasteiger partial charge >= 0.3 is 5.97 Å². The van der Waals surface area contributed by atoms with E-state index in [1.54, 1.807) is 18.9 Å². The van der Waals surface area contributed by atoms with E-state index in [1.807, 2.05) is 13.8 Å². The fraction of sp³-hybridized carbons (Fsp3) is 0.818. The van der Waals surface area contributed by atoms with Crippen LogP contribution in [-0.4, -0.2) is 49.6 Å². The van der Waals surface area contributed by atoms with Crippen LogP contribution in [0.1, 0.15) is 27.2 Å². The molecule has 0 bridgehead atoms. The minimum absolute atomic E-state index is 0.0267. The van der Waals surface area contributed by atoms with Crippen molar-refractivity contribution in [1.82, 2.24) is 10.2 Å². The van der Waals surface area contributed by atoms with Crippen molar-refractivity contribution in [3.63, 3.8) is 0 Å². The Morgan fingerprint density at radius 2 is 2.00 bits per heavy atom. The van der Waals surface area contributed by atoms with Crippen molar-refractivity contribution in [3.8, 4) is 0 Å². The number of carbonyl (C=O) groups is 2. The number of amides is 1. The van der Waals surface area contributed by atoms with Crippen molar-refractivity contribution in [2.75, 3.05) is 26.7 Å². The highest BCUT2D eigenvalue weighted by atomic mass is 16.5. The first-order valence-corrected chi connectivity index (χ1v) is 5.61. The first-order chi connectivity index (χ1) is 7.49. The van der Waals surface area contributed by atoms with E-state index >= 15 is 0 Å². The zero-order valence-corrected chi connectivity index (χ0v) is 10.6. The Morgan fingerprint density at radius 1 is 1.38 bits per heavy atom. The van der Waals surface area contributed by atoms with Gasteiger partial charge in [0.2, 0.25) is 5.91 Å². The summed E-state index contributed by atoms with van der Waals surface area (Å²) in [6, 6.07) is 0.194. The zero-order valence-electron chi connectivity index (χ0n) is 10.6. The Morgan fingerprint density at radius 3 is 2.50 bits per heavy atom. The molecule has 0 radical (unpaired) electrons. The van der Waals surface area contributed by atoms with Gasteiger partial charge in [-0.15, -0.1) is 0 Å². The van der Waals surface area contributed by atoms with Crippen LogP contribution in [0.25, 0.3) is 0 Å². The molecule has 0 aromatic heterocycles. The Hall–Kier alpha value is -1.10. The lowest BCUT2D eigenvalue weighted by molar-refractivity contribution is -0.143. The Bertz CT molecular complexity index is 229. The van der Waals surface area contributed by atoms with E-state index in [9.17, 15) is 9.59 Å². The fourth-order valence-corrected chi connectivity index (χ4v) is 1.03. The molecule has 0 aliphatic heterocycles. The largest absolute Gasteiger partial charge is 0.466 e. The average Bonchev–Trinajstić information content (AvgIpc) is 2.23. The number of nitrogens with zero attached hydrogens (tertiary/aromatic N) is 1. The predicted octanol–water partition coefficient (Wildman–Crippen LogP) is 0.396. The molecule has 94 valence electrons. The summed E-state index contributed by atoms with van der Waals surface area (Å²) in [6.07, 6.45) is 0.298. The number of hydrogen-bond acceptors (Lipinski definition) is 4. The standard InChI is InChI=1S/C11H22N2O3/c1-5-16-11(15)6-7-12-8-10(14)13(4)9(2)3/h9,12H,5-8H2,1-4H3.